The molecule has 2 atom stereocenters. The Bertz CT molecular complexity index is 1050. The normalized spacial score (nSPS) is 12.9. The fraction of sp³-hybridized carbons (Fsp3) is 0.364. The molecule has 31 heavy (non-hydrogen) atoms. The molecule has 2 aromatic heterocycles. The molecule has 1 aromatic carbocycles. The maximum Gasteiger partial charge on any atom is 0.199 e. The van der Waals surface area contributed by atoms with Crippen LogP contribution < -0.4 is 4.74 Å². The molecule has 9 heteroatoms. The molecule has 1 N–H and O–H groups in total. The van der Waals surface area contributed by atoms with Gasteiger partial charge in [0, 0.05) is 30.1 Å². The fourth-order valence-electron chi connectivity index (χ4n) is 2.89. The first-order valence-corrected chi connectivity index (χ1v) is 9.82. The number of nitrogens with one attached hydrogen (secondary N) is 1. The molecule has 0 spiro atoms. The summed E-state index contributed by atoms with van der Waals surface area (Å²) in [6, 6.07) is 11.1. The van der Waals surface area contributed by atoms with E-state index in [1.165, 1.54) is 0 Å². The molecule has 0 saturated carbocycles. The van der Waals surface area contributed by atoms with Crippen LogP contribution in [0.2, 0.25) is 0 Å². The number of nitriles is 1. The van der Waals surface area contributed by atoms with Gasteiger partial charge >= 0.3 is 0 Å². The van der Waals surface area contributed by atoms with Crippen molar-refractivity contribution in [3.63, 3.8) is 0 Å². The lowest BCUT2D eigenvalue weighted by molar-refractivity contribution is -0.207. The first kappa shape index (κ1) is 22.4. The van der Waals surface area contributed by atoms with Gasteiger partial charge in [0.2, 0.25) is 0 Å². The Hall–Kier alpha value is -3.32. The smallest absolute Gasteiger partial charge is 0.199 e. The molecular formula is C22H25N5O4. The molecule has 0 aliphatic carbocycles. The predicted octanol–water partition coefficient (Wildman–Crippen LogP) is 3.46. The van der Waals surface area contributed by atoms with Crippen LogP contribution in [-0.4, -0.2) is 53.1 Å². The van der Waals surface area contributed by atoms with Crippen molar-refractivity contribution in [2.75, 3.05) is 20.3 Å². The molecule has 2 unspecified atom stereocenters. The lowest BCUT2D eigenvalue weighted by Gasteiger charge is -2.21. The highest BCUT2D eigenvalue weighted by Gasteiger charge is 2.15. The number of H-pyrrole nitrogens is 1. The van der Waals surface area contributed by atoms with Crippen LogP contribution in [-0.2, 0) is 14.2 Å². The van der Waals surface area contributed by atoms with Gasteiger partial charge in [-0.05, 0) is 51.1 Å². The zero-order chi connectivity index (χ0) is 22.2. The van der Waals surface area contributed by atoms with Crippen LogP contribution in [0.5, 0.6) is 5.75 Å². The SMILES string of the molecule is COCCOC(C)OC(C)Oc1ccc(-c2nc(-c3ccnc(C)c3)n[nH]2)cc1C#N. The third kappa shape index (κ3) is 6.08. The van der Waals surface area contributed by atoms with E-state index in [-0.39, 0.29) is 0 Å². The molecule has 2 heterocycles. The second-order valence-electron chi connectivity index (χ2n) is 6.77. The quantitative estimate of drug-likeness (QED) is 0.389. The topological polar surface area (TPSA) is 115 Å². The Morgan fingerprint density at radius 3 is 2.68 bits per heavy atom. The van der Waals surface area contributed by atoms with Gasteiger partial charge in [-0.25, -0.2) is 4.98 Å². The van der Waals surface area contributed by atoms with E-state index in [0.717, 1.165) is 16.8 Å². The maximum absolute atomic E-state index is 9.58. The number of hydrogen-bond acceptors (Lipinski definition) is 8. The molecule has 3 rings (SSSR count). The molecule has 0 saturated heterocycles. The third-order valence-electron chi connectivity index (χ3n) is 4.33. The van der Waals surface area contributed by atoms with Crippen molar-refractivity contribution < 1.29 is 18.9 Å². The first-order valence-electron chi connectivity index (χ1n) is 9.82. The summed E-state index contributed by atoms with van der Waals surface area (Å²) in [5.41, 5.74) is 2.83. The molecular weight excluding hydrogens is 398 g/mol. The van der Waals surface area contributed by atoms with E-state index >= 15 is 0 Å². The van der Waals surface area contributed by atoms with E-state index in [4.69, 9.17) is 18.9 Å². The summed E-state index contributed by atoms with van der Waals surface area (Å²) in [6.07, 6.45) is 0.634. The van der Waals surface area contributed by atoms with Crippen LogP contribution in [0.4, 0.5) is 0 Å². The minimum atomic E-state index is -0.609. The minimum absolute atomic E-state index is 0.360. The van der Waals surface area contributed by atoms with E-state index in [2.05, 4.69) is 26.2 Å². The summed E-state index contributed by atoms with van der Waals surface area (Å²) in [5, 5.41) is 16.8. The van der Waals surface area contributed by atoms with Crippen LogP contribution in [0.15, 0.2) is 36.5 Å². The highest BCUT2D eigenvalue weighted by molar-refractivity contribution is 5.64. The summed E-state index contributed by atoms with van der Waals surface area (Å²) >= 11 is 0. The largest absolute Gasteiger partial charge is 0.464 e. The van der Waals surface area contributed by atoms with Crippen LogP contribution >= 0.6 is 0 Å². The van der Waals surface area contributed by atoms with E-state index in [1.807, 2.05) is 25.1 Å². The van der Waals surface area contributed by atoms with Gasteiger partial charge in [0.15, 0.2) is 24.2 Å². The van der Waals surface area contributed by atoms with Crippen LogP contribution in [0, 0.1) is 18.3 Å². The summed E-state index contributed by atoms with van der Waals surface area (Å²) in [5.74, 6) is 1.52. The summed E-state index contributed by atoms with van der Waals surface area (Å²) in [4.78, 5) is 8.72. The van der Waals surface area contributed by atoms with Crippen LogP contribution in [0.25, 0.3) is 22.8 Å². The maximum atomic E-state index is 9.58. The van der Waals surface area contributed by atoms with Crippen molar-refractivity contribution >= 4 is 0 Å². The Labute approximate surface area is 181 Å². The zero-order valence-electron chi connectivity index (χ0n) is 18.0. The standard InChI is InChI=1S/C22H25N5O4/c1-14-11-18(7-8-24-14)22-25-21(26-27-22)17-5-6-20(19(12-17)13-23)31-16(3)30-15(2)29-10-9-28-4/h5-8,11-12,15-16H,9-10H2,1-4H3,(H,25,26,27). The van der Waals surface area contributed by atoms with Crippen LogP contribution in [0.3, 0.4) is 0 Å². The van der Waals surface area contributed by atoms with E-state index in [9.17, 15) is 5.26 Å². The highest BCUT2D eigenvalue weighted by Crippen LogP contribution is 2.27. The second-order valence-corrected chi connectivity index (χ2v) is 6.77. The Morgan fingerprint density at radius 1 is 1.10 bits per heavy atom. The molecule has 0 radical (unpaired) electrons. The molecule has 0 aliphatic heterocycles. The number of hydrogen-bond donors (Lipinski definition) is 1. The monoisotopic (exact) mass is 423 g/mol. The van der Waals surface area contributed by atoms with Gasteiger partial charge in [0.1, 0.15) is 11.8 Å². The van der Waals surface area contributed by atoms with Crippen LogP contribution in [0.1, 0.15) is 25.1 Å². The first-order chi connectivity index (χ1) is 15.0. The molecule has 9 nitrogen and oxygen atoms in total. The number of rotatable bonds is 10. The lowest BCUT2D eigenvalue weighted by atomic mass is 10.1. The summed E-state index contributed by atoms with van der Waals surface area (Å²) in [6.45, 7) is 6.32. The van der Waals surface area contributed by atoms with E-state index < -0.39 is 12.6 Å². The Balaban J connectivity index is 1.70. The third-order valence-corrected chi connectivity index (χ3v) is 4.33. The zero-order valence-corrected chi connectivity index (χ0v) is 18.0. The van der Waals surface area contributed by atoms with Crippen molar-refractivity contribution in [2.24, 2.45) is 0 Å². The van der Waals surface area contributed by atoms with Gasteiger partial charge in [-0.1, -0.05) is 0 Å². The highest BCUT2D eigenvalue weighted by atomic mass is 16.8. The number of aromatic nitrogens is 4. The molecule has 0 amide bonds. The molecule has 0 bridgehead atoms. The lowest BCUT2D eigenvalue weighted by Crippen LogP contribution is -2.25. The Kier molecular flexibility index (Phi) is 7.67. The summed E-state index contributed by atoms with van der Waals surface area (Å²) in [7, 11) is 1.60. The summed E-state index contributed by atoms with van der Waals surface area (Å²) < 4.78 is 21.8. The number of aromatic amines is 1. The number of benzene rings is 1. The second kappa shape index (κ2) is 10.6. The van der Waals surface area contributed by atoms with Gasteiger partial charge < -0.3 is 18.9 Å². The van der Waals surface area contributed by atoms with Crippen molar-refractivity contribution in [3.05, 3.63) is 47.8 Å². The number of aryl methyl sites for hydroxylation is 1. The van der Waals surface area contributed by atoms with Gasteiger partial charge in [-0.3, -0.25) is 10.1 Å². The van der Waals surface area contributed by atoms with Crippen molar-refractivity contribution in [3.8, 4) is 34.6 Å². The van der Waals surface area contributed by atoms with Crippen molar-refractivity contribution in [1.82, 2.24) is 20.2 Å². The van der Waals surface area contributed by atoms with Crippen molar-refractivity contribution in [2.45, 2.75) is 33.4 Å². The number of pyridine rings is 1. The molecule has 3 aromatic rings. The van der Waals surface area contributed by atoms with Gasteiger partial charge in [-0.2, -0.15) is 10.4 Å². The molecule has 0 fully saturated rings. The molecule has 162 valence electrons. The average molecular weight is 423 g/mol. The average Bonchev–Trinajstić information content (AvgIpc) is 3.24. The van der Waals surface area contributed by atoms with E-state index in [0.29, 0.717) is 36.2 Å². The predicted molar refractivity (Wildman–Crippen MR) is 113 cm³/mol. The minimum Gasteiger partial charge on any atom is -0.464 e. The number of nitrogens with zero attached hydrogens (tertiary/aromatic N) is 4. The van der Waals surface area contributed by atoms with Gasteiger partial charge in [-0.15, -0.1) is 0 Å². The van der Waals surface area contributed by atoms with E-state index in [1.54, 1.807) is 39.3 Å². The van der Waals surface area contributed by atoms with Gasteiger partial charge in [0.25, 0.3) is 0 Å². The Morgan fingerprint density at radius 2 is 1.94 bits per heavy atom. The van der Waals surface area contributed by atoms with Gasteiger partial charge in [0.05, 0.1) is 18.8 Å². The fourth-order valence-corrected chi connectivity index (χ4v) is 2.89. The van der Waals surface area contributed by atoms with Crippen molar-refractivity contribution in [1.29, 1.82) is 5.26 Å². The number of methoxy groups -OCH3 is 1. The number of ether oxygens (including phenoxy) is 4. The molecule has 0 aliphatic rings.